The fourth-order valence-corrected chi connectivity index (χ4v) is 4.67. The summed E-state index contributed by atoms with van der Waals surface area (Å²) in [6, 6.07) is 18.1. The Hall–Kier alpha value is -2.12. The van der Waals surface area contributed by atoms with Crippen LogP contribution in [-0.4, -0.2) is 32.1 Å². The van der Waals surface area contributed by atoms with E-state index >= 15 is 0 Å². The normalized spacial score (nSPS) is 19.3. The Kier molecular flexibility index (Phi) is 5.31. The topological polar surface area (TPSA) is 57.0 Å². The summed E-state index contributed by atoms with van der Waals surface area (Å²) in [6.45, 7) is 2.55. The second-order valence-corrected chi connectivity index (χ2v) is 8.47. The van der Waals surface area contributed by atoms with Gasteiger partial charge in [0.25, 0.3) is 0 Å². The second-order valence-electron chi connectivity index (χ2n) is 6.45. The number of aromatic nitrogens is 3. The van der Waals surface area contributed by atoms with Crippen LogP contribution in [0.1, 0.15) is 18.9 Å². The number of hydrogen-bond acceptors (Lipinski definition) is 5. The lowest BCUT2D eigenvalue weighted by Crippen LogP contribution is -2.12. The van der Waals surface area contributed by atoms with Crippen molar-refractivity contribution in [2.24, 2.45) is 0 Å². The van der Waals surface area contributed by atoms with Gasteiger partial charge in [-0.25, -0.2) is 0 Å². The molecule has 0 bridgehead atoms. The van der Waals surface area contributed by atoms with Crippen LogP contribution in [0.5, 0.6) is 0 Å². The smallest absolute Gasteiger partial charge is 0.319 e. The Morgan fingerprint density at radius 2 is 1.89 bits per heavy atom. The highest BCUT2D eigenvalue weighted by Crippen LogP contribution is 2.35. The van der Waals surface area contributed by atoms with Gasteiger partial charge in [-0.15, -0.1) is 10.2 Å². The van der Waals surface area contributed by atoms with Gasteiger partial charge in [-0.3, -0.25) is 9.36 Å². The van der Waals surface area contributed by atoms with E-state index in [-0.39, 0.29) is 17.3 Å². The molecular formula is C20H18BrN3O2S. The van der Waals surface area contributed by atoms with Crippen molar-refractivity contribution in [3.8, 4) is 11.4 Å². The summed E-state index contributed by atoms with van der Waals surface area (Å²) in [5.41, 5.74) is 2.12. The highest BCUT2D eigenvalue weighted by molar-refractivity contribution is 9.10. The molecule has 0 N–H and O–H groups in total. The number of nitrogens with zero attached hydrogens (tertiary/aromatic N) is 3. The molecular weight excluding hydrogens is 426 g/mol. The third-order valence-electron chi connectivity index (χ3n) is 4.39. The highest BCUT2D eigenvalue weighted by atomic mass is 79.9. The number of halogens is 1. The van der Waals surface area contributed by atoms with Gasteiger partial charge in [-0.05, 0) is 18.6 Å². The Morgan fingerprint density at radius 1 is 1.15 bits per heavy atom. The van der Waals surface area contributed by atoms with Crippen LogP contribution in [0.4, 0.5) is 0 Å². The first-order chi connectivity index (χ1) is 13.1. The lowest BCUT2D eigenvalue weighted by Gasteiger charge is -2.12. The molecule has 138 valence electrons. The third-order valence-corrected chi connectivity index (χ3v) is 6.26. The summed E-state index contributed by atoms with van der Waals surface area (Å²) in [7, 11) is 0. The van der Waals surface area contributed by atoms with Crippen LogP contribution in [0.25, 0.3) is 11.4 Å². The lowest BCUT2D eigenvalue weighted by atomic mass is 10.2. The Bertz CT molecular complexity index is 961. The zero-order valence-electron chi connectivity index (χ0n) is 14.7. The third kappa shape index (κ3) is 3.94. The van der Waals surface area contributed by atoms with Crippen LogP contribution in [0.15, 0.2) is 64.2 Å². The number of ether oxygens (including phenoxy) is 1. The summed E-state index contributed by atoms with van der Waals surface area (Å²) in [5.74, 6) is 0.595. The quantitative estimate of drug-likeness (QED) is 0.541. The maximum atomic E-state index is 12.1. The zero-order chi connectivity index (χ0) is 18.8. The molecule has 5 nitrogen and oxygen atoms in total. The predicted molar refractivity (Wildman–Crippen MR) is 109 cm³/mol. The molecule has 0 radical (unpaired) electrons. The minimum atomic E-state index is -0.245. The molecule has 1 saturated heterocycles. The molecule has 1 aliphatic rings. The second kappa shape index (κ2) is 7.86. The number of thioether (sulfide) groups is 1. The van der Waals surface area contributed by atoms with E-state index in [1.54, 1.807) is 0 Å². The molecule has 4 rings (SSSR count). The number of hydrogen-bond donors (Lipinski definition) is 0. The largest absolute Gasteiger partial charge is 0.462 e. The van der Waals surface area contributed by atoms with Gasteiger partial charge in [0, 0.05) is 16.5 Å². The Labute approximate surface area is 170 Å². The van der Waals surface area contributed by atoms with E-state index in [4.69, 9.17) is 4.74 Å². The summed E-state index contributed by atoms with van der Waals surface area (Å²) >= 11 is 5.04. The van der Waals surface area contributed by atoms with Gasteiger partial charge in [0.15, 0.2) is 11.0 Å². The molecule has 7 heteroatoms. The van der Waals surface area contributed by atoms with Crippen LogP contribution >= 0.6 is 27.7 Å². The van der Waals surface area contributed by atoms with Crippen molar-refractivity contribution in [1.82, 2.24) is 14.8 Å². The van der Waals surface area contributed by atoms with E-state index in [0.717, 1.165) is 26.6 Å². The first-order valence-electron chi connectivity index (χ1n) is 8.71. The predicted octanol–water partition coefficient (Wildman–Crippen LogP) is 4.55. The van der Waals surface area contributed by atoms with Gasteiger partial charge < -0.3 is 4.74 Å². The minimum Gasteiger partial charge on any atom is -0.462 e. The number of carbonyl (C=O) groups excluding carboxylic acids is 1. The van der Waals surface area contributed by atoms with Crippen molar-refractivity contribution in [3.05, 3.63) is 64.6 Å². The number of benzene rings is 2. The molecule has 27 heavy (non-hydrogen) atoms. The maximum absolute atomic E-state index is 12.1. The Morgan fingerprint density at radius 3 is 2.59 bits per heavy atom. The maximum Gasteiger partial charge on any atom is 0.319 e. The fraction of sp³-hybridized carbons (Fsp3) is 0.250. The van der Waals surface area contributed by atoms with E-state index in [1.165, 1.54) is 11.8 Å². The van der Waals surface area contributed by atoms with E-state index < -0.39 is 0 Å². The average Bonchev–Trinajstić information content (AvgIpc) is 3.19. The summed E-state index contributed by atoms with van der Waals surface area (Å²) in [4.78, 5) is 12.1. The molecule has 0 amide bonds. The van der Waals surface area contributed by atoms with Gasteiger partial charge in [0.2, 0.25) is 0 Å². The molecule has 1 aromatic heterocycles. The molecule has 0 aliphatic carbocycles. The Balaban J connectivity index is 1.73. The van der Waals surface area contributed by atoms with Gasteiger partial charge in [-0.1, -0.05) is 76.2 Å². The van der Waals surface area contributed by atoms with Crippen LogP contribution < -0.4 is 0 Å². The summed E-state index contributed by atoms with van der Waals surface area (Å²) in [5, 5.41) is 9.32. The monoisotopic (exact) mass is 443 g/mol. The van der Waals surface area contributed by atoms with Gasteiger partial charge >= 0.3 is 5.97 Å². The molecule has 1 fully saturated rings. The number of esters is 1. The standard InChI is InChI=1S/C20H18BrN3O2S/c1-13-11-17(19(25)26-13)27-20-23-22-18(15-9-5-6-10-16(15)21)24(20)12-14-7-3-2-4-8-14/h2-10,13,17H,11-12H2,1H3/t13-,17-/m0/s1. The van der Waals surface area contributed by atoms with E-state index in [9.17, 15) is 4.79 Å². The van der Waals surface area contributed by atoms with Crippen molar-refractivity contribution in [2.45, 2.75) is 36.4 Å². The van der Waals surface area contributed by atoms with Crippen LogP contribution in [0.2, 0.25) is 0 Å². The first kappa shape index (κ1) is 18.3. The number of carbonyl (C=O) groups is 1. The summed E-state index contributed by atoms with van der Waals surface area (Å²) in [6.07, 6.45) is 0.634. The van der Waals surface area contributed by atoms with Crippen molar-refractivity contribution < 1.29 is 9.53 Å². The number of cyclic esters (lactones) is 1. The summed E-state index contributed by atoms with van der Waals surface area (Å²) < 4.78 is 8.31. The van der Waals surface area contributed by atoms with E-state index in [2.05, 4.69) is 42.8 Å². The first-order valence-corrected chi connectivity index (χ1v) is 10.4. The van der Waals surface area contributed by atoms with E-state index in [1.807, 2.05) is 49.4 Å². The van der Waals surface area contributed by atoms with Crippen LogP contribution in [0, 0.1) is 0 Å². The number of rotatable bonds is 5. The fourth-order valence-electron chi connectivity index (χ4n) is 3.07. The molecule has 2 atom stereocenters. The van der Waals surface area contributed by atoms with Gasteiger partial charge in [0.05, 0.1) is 6.54 Å². The van der Waals surface area contributed by atoms with Crippen LogP contribution in [0.3, 0.4) is 0 Å². The molecule has 0 unspecified atom stereocenters. The van der Waals surface area contributed by atoms with Crippen molar-refractivity contribution >= 4 is 33.7 Å². The molecule has 0 saturated carbocycles. The highest BCUT2D eigenvalue weighted by Gasteiger charge is 2.34. The molecule has 2 aromatic carbocycles. The van der Waals surface area contributed by atoms with Gasteiger partial charge in [0.1, 0.15) is 11.4 Å². The van der Waals surface area contributed by atoms with Crippen LogP contribution in [-0.2, 0) is 16.1 Å². The lowest BCUT2D eigenvalue weighted by molar-refractivity contribution is -0.140. The molecule has 2 heterocycles. The van der Waals surface area contributed by atoms with Gasteiger partial charge in [-0.2, -0.15) is 0 Å². The van der Waals surface area contributed by atoms with Crippen molar-refractivity contribution in [2.75, 3.05) is 0 Å². The zero-order valence-corrected chi connectivity index (χ0v) is 17.1. The molecule has 0 spiro atoms. The molecule has 1 aliphatic heterocycles. The van der Waals surface area contributed by atoms with Crippen molar-refractivity contribution in [1.29, 1.82) is 0 Å². The average molecular weight is 444 g/mol. The SMILES string of the molecule is C[C@H]1C[C@H](Sc2nnc(-c3ccccc3Br)n2Cc2ccccc2)C(=O)O1. The minimum absolute atomic E-state index is 0.0526. The molecule has 3 aromatic rings. The van der Waals surface area contributed by atoms with Crippen molar-refractivity contribution in [3.63, 3.8) is 0 Å². The van der Waals surface area contributed by atoms with E-state index in [0.29, 0.717) is 13.0 Å².